The second-order valence-electron chi connectivity index (χ2n) is 3.60. The van der Waals surface area contributed by atoms with Gasteiger partial charge in [0.2, 0.25) is 0 Å². The van der Waals surface area contributed by atoms with E-state index >= 15 is 0 Å². The molecule has 0 saturated heterocycles. The van der Waals surface area contributed by atoms with Crippen LogP contribution in [0.2, 0.25) is 0 Å². The summed E-state index contributed by atoms with van der Waals surface area (Å²) in [6.07, 6.45) is 3.71. The molecule has 2 nitrogen and oxygen atoms in total. The summed E-state index contributed by atoms with van der Waals surface area (Å²) in [5.74, 6) is -0.0905. The molecule has 0 N–H and O–H groups in total. The van der Waals surface area contributed by atoms with Gasteiger partial charge in [-0.15, -0.1) is 0 Å². The first-order chi connectivity index (χ1) is 7.33. The largest absolute Gasteiger partial charge is 2.00 e. The van der Waals surface area contributed by atoms with Gasteiger partial charge in [0.05, 0.1) is 0 Å². The summed E-state index contributed by atoms with van der Waals surface area (Å²) in [7, 11) is 0. The van der Waals surface area contributed by atoms with E-state index in [9.17, 15) is 4.79 Å². The van der Waals surface area contributed by atoms with Gasteiger partial charge < -0.3 is 7.59 Å². The first-order valence-corrected chi connectivity index (χ1v) is 5.52. The smallest absolute Gasteiger partial charge is 1.00 e. The van der Waals surface area contributed by atoms with E-state index in [0.717, 1.165) is 24.8 Å². The fraction of sp³-hybridized carbons (Fsp3) is 0.462. The SMILES string of the molecule is CCCCCC(=O)OCc1ccccc1.[H-].[H-].[Mg+2]. The zero-order chi connectivity index (χ0) is 10.9. The fourth-order valence-electron chi connectivity index (χ4n) is 1.33. The Balaban J connectivity index is -0.000000750. The third-order valence-corrected chi connectivity index (χ3v) is 2.23. The zero-order valence-electron chi connectivity index (χ0n) is 11.9. The van der Waals surface area contributed by atoms with E-state index in [2.05, 4.69) is 6.92 Å². The Morgan fingerprint density at radius 1 is 1.25 bits per heavy atom. The third kappa shape index (κ3) is 6.85. The molecule has 1 aromatic rings. The predicted molar refractivity (Wildman–Crippen MR) is 68.4 cm³/mol. The molecule has 0 fully saturated rings. The van der Waals surface area contributed by atoms with Crippen LogP contribution in [0.4, 0.5) is 0 Å². The Morgan fingerprint density at radius 2 is 1.94 bits per heavy atom. The molecule has 0 radical (unpaired) electrons. The molecular formula is C13H20MgO2. The van der Waals surface area contributed by atoms with Crippen LogP contribution < -0.4 is 0 Å². The normalized spacial score (nSPS) is 9.31. The van der Waals surface area contributed by atoms with Crippen LogP contribution in [0.15, 0.2) is 30.3 Å². The quantitative estimate of drug-likeness (QED) is 0.428. The van der Waals surface area contributed by atoms with E-state index in [-0.39, 0.29) is 31.9 Å². The molecule has 3 heteroatoms. The molecule has 0 saturated carbocycles. The van der Waals surface area contributed by atoms with Gasteiger partial charge in [-0.05, 0) is 12.0 Å². The number of carbonyl (C=O) groups excluding carboxylic acids is 1. The van der Waals surface area contributed by atoms with Gasteiger partial charge in [0.15, 0.2) is 0 Å². The van der Waals surface area contributed by atoms with Crippen LogP contribution in [0.1, 0.15) is 41.0 Å². The summed E-state index contributed by atoms with van der Waals surface area (Å²) in [4.78, 5) is 11.3. The Morgan fingerprint density at radius 3 is 2.56 bits per heavy atom. The van der Waals surface area contributed by atoms with Crippen molar-refractivity contribution < 1.29 is 12.4 Å². The molecule has 0 spiro atoms. The van der Waals surface area contributed by atoms with Crippen LogP contribution >= 0.6 is 0 Å². The van der Waals surface area contributed by atoms with Crippen LogP contribution in [-0.2, 0) is 16.1 Å². The molecule has 86 valence electrons. The average molecular weight is 233 g/mol. The number of hydrogen-bond donors (Lipinski definition) is 0. The number of carbonyl (C=O) groups is 1. The van der Waals surface area contributed by atoms with Crippen molar-refractivity contribution in [3.05, 3.63) is 35.9 Å². The Labute approximate surface area is 117 Å². The van der Waals surface area contributed by atoms with Gasteiger partial charge in [0, 0.05) is 6.42 Å². The summed E-state index contributed by atoms with van der Waals surface area (Å²) in [5, 5.41) is 0. The first-order valence-electron chi connectivity index (χ1n) is 5.52. The molecule has 0 aliphatic carbocycles. The second kappa shape index (κ2) is 9.67. The van der Waals surface area contributed by atoms with Crippen LogP contribution in [0.25, 0.3) is 0 Å². The molecule has 0 aliphatic rings. The van der Waals surface area contributed by atoms with E-state index in [1.165, 1.54) is 0 Å². The molecule has 0 aliphatic heterocycles. The van der Waals surface area contributed by atoms with Crippen molar-refractivity contribution in [2.75, 3.05) is 0 Å². The van der Waals surface area contributed by atoms with Crippen molar-refractivity contribution in [2.24, 2.45) is 0 Å². The number of unbranched alkanes of at least 4 members (excludes halogenated alkanes) is 2. The molecule has 1 rings (SSSR count). The number of hydrogen-bond acceptors (Lipinski definition) is 2. The van der Waals surface area contributed by atoms with Crippen molar-refractivity contribution in [1.29, 1.82) is 0 Å². The first kappa shape index (κ1) is 15.5. The monoisotopic (exact) mass is 232 g/mol. The number of ether oxygens (including phenoxy) is 1. The molecule has 16 heavy (non-hydrogen) atoms. The van der Waals surface area contributed by atoms with E-state index in [1.54, 1.807) is 0 Å². The van der Waals surface area contributed by atoms with E-state index in [4.69, 9.17) is 4.74 Å². The van der Waals surface area contributed by atoms with Gasteiger partial charge in [0.25, 0.3) is 0 Å². The zero-order valence-corrected chi connectivity index (χ0v) is 11.4. The summed E-state index contributed by atoms with van der Waals surface area (Å²) >= 11 is 0. The molecule has 0 atom stereocenters. The maximum Gasteiger partial charge on any atom is 2.00 e. The summed E-state index contributed by atoms with van der Waals surface area (Å²) < 4.78 is 5.14. The Hall–Kier alpha value is -0.544. The van der Waals surface area contributed by atoms with E-state index < -0.39 is 0 Å². The number of rotatable bonds is 6. The van der Waals surface area contributed by atoms with Gasteiger partial charge in [-0.3, -0.25) is 4.79 Å². The molecule has 0 amide bonds. The average Bonchev–Trinajstić information content (AvgIpc) is 2.28. The van der Waals surface area contributed by atoms with Crippen molar-refractivity contribution in [1.82, 2.24) is 0 Å². The topological polar surface area (TPSA) is 26.3 Å². The van der Waals surface area contributed by atoms with E-state index in [1.807, 2.05) is 30.3 Å². The Kier molecular flexibility index (Phi) is 9.34. The molecule has 0 unspecified atom stereocenters. The van der Waals surface area contributed by atoms with Crippen molar-refractivity contribution >= 4 is 29.0 Å². The van der Waals surface area contributed by atoms with Gasteiger partial charge in [-0.2, -0.15) is 0 Å². The Bertz CT molecular complexity index is 294. The van der Waals surface area contributed by atoms with Crippen LogP contribution in [0.5, 0.6) is 0 Å². The number of esters is 1. The molecular weight excluding hydrogens is 212 g/mol. The van der Waals surface area contributed by atoms with Crippen LogP contribution in [-0.4, -0.2) is 29.0 Å². The van der Waals surface area contributed by atoms with Crippen molar-refractivity contribution in [2.45, 2.75) is 39.2 Å². The van der Waals surface area contributed by atoms with Crippen molar-refractivity contribution in [3.63, 3.8) is 0 Å². The molecule has 0 heterocycles. The van der Waals surface area contributed by atoms with E-state index in [0.29, 0.717) is 13.0 Å². The standard InChI is InChI=1S/C13H18O2.Mg.2H/c1-2-3-5-10-13(14)15-11-12-8-6-4-7-9-12;;;/h4,6-9H,2-3,5,10-11H2,1H3;;;/q;+2;2*-1. The maximum absolute atomic E-state index is 11.3. The minimum Gasteiger partial charge on any atom is -1.00 e. The van der Waals surface area contributed by atoms with Gasteiger partial charge in [-0.1, -0.05) is 50.1 Å². The fourth-order valence-corrected chi connectivity index (χ4v) is 1.33. The van der Waals surface area contributed by atoms with Gasteiger partial charge in [-0.25, -0.2) is 0 Å². The molecule has 1 aromatic carbocycles. The molecule has 0 aromatic heterocycles. The van der Waals surface area contributed by atoms with Gasteiger partial charge >= 0.3 is 29.0 Å². The maximum atomic E-state index is 11.3. The minimum absolute atomic E-state index is 0. The van der Waals surface area contributed by atoms with Crippen LogP contribution in [0, 0.1) is 0 Å². The summed E-state index contributed by atoms with van der Waals surface area (Å²) in [6.45, 7) is 2.51. The summed E-state index contributed by atoms with van der Waals surface area (Å²) in [5.41, 5.74) is 1.04. The van der Waals surface area contributed by atoms with Crippen molar-refractivity contribution in [3.8, 4) is 0 Å². The van der Waals surface area contributed by atoms with Gasteiger partial charge in [0.1, 0.15) is 6.61 Å². The minimum atomic E-state index is -0.0905. The molecule has 0 bridgehead atoms. The third-order valence-electron chi connectivity index (χ3n) is 2.23. The van der Waals surface area contributed by atoms with Crippen LogP contribution in [0.3, 0.4) is 0 Å². The number of benzene rings is 1. The second-order valence-corrected chi connectivity index (χ2v) is 3.60. The predicted octanol–water partition coefficient (Wildman–Crippen LogP) is 3.15. The summed E-state index contributed by atoms with van der Waals surface area (Å²) in [6, 6.07) is 9.76.